The zero-order chi connectivity index (χ0) is 19.4. The molecule has 0 unspecified atom stereocenters. The Morgan fingerprint density at radius 3 is 2.52 bits per heavy atom. The molecule has 0 saturated heterocycles. The molecule has 3 rings (SSSR count). The van der Waals surface area contributed by atoms with E-state index in [0.717, 1.165) is 15.1 Å². The Labute approximate surface area is 165 Å². The van der Waals surface area contributed by atoms with Crippen LogP contribution in [0.5, 0.6) is 5.75 Å². The minimum Gasteiger partial charge on any atom is -0.492 e. The zero-order valence-electron chi connectivity index (χ0n) is 14.9. The molecule has 0 saturated carbocycles. The van der Waals surface area contributed by atoms with Gasteiger partial charge in [-0.3, -0.25) is 19.3 Å². The minimum absolute atomic E-state index is 0.0622. The summed E-state index contributed by atoms with van der Waals surface area (Å²) in [4.78, 5) is 39.7. The molecule has 2 aromatic rings. The lowest BCUT2D eigenvalue weighted by atomic mass is 10.1. The number of halogens is 1. The molecular weight excluding hydrogens is 412 g/mol. The van der Waals surface area contributed by atoms with Crippen LogP contribution in [-0.2, 0) is 4.79 Å². The van der Waals surface area contributed by atoms with E-state index in [1.54, 1.807) is 25.2 Å². The summed E-state index contributed by atoms with van der Waals surface area (Å²) in [6.07, 6.45) is 0.0779. The van der Waals surface area contributed by atoms with E-state index >= 15 is 0 Å². The second kappa shape index (κ2) is 8.35. The van der Waals surface area contributed by atoms with Gasteiger partial charge in [-0.1, -0.05) is 34.1 Å². The number of amides is 3. The maximum Gasteiger partial charge on any atom is 0.261 e. The predicted octanol–water partition coefficient (Wildman–Crippen LogP) is 2.97. The Hall–Kier alpha value is -2.67. The van der Waals surface area contributed by atoms with Crippen molar-refractivity contribution in [3.05, 3.63) is 64.1 Å². The monoisotopic (exact) mass is 430 g/mol. The van der Waals surface area contributed by atoms with Crippen LogP contribution in [0.3, 0.4) is 0 Å². The first-order valence-corrected chi connectivity index (χ1v) is 9.34. The molecule has 27 heavy (non-hydrogen) atoms. The summed E-state index contributed by atoms with van der Waals surface area (Å²) in [6, 6.07) is 14.3. The molecule has 0 fully saturated rings. The fraction of sp³-hybridized carbons (Fsp3) is 0.250. The maximum absolute atomic E-state index is 12.4. The third-order valence-electron chi connectivity index (χ3n) is 4.35. The van der Waals surface area contributed by atoms with Crippen LogP contribution >= 0.6 is 15.9 Å². The van der Waals surface area contributed by atoms with Gasteiger partial charge in [-0.05, 0) is 30.3 Å². The fourth-order valence-electron chi connectivity index (χ4n) is 2.81. The van der Waals surface area contributed by atoms with Crippen molar-refractivity contribution in [2.75, 3.05) is 26.7 Å². The first-order valence-electron chi connectivity index (χ1n) is 8.55. The van der Waals surface area contributed by atoms with E-state index in [1.807, 2.05) is 30.3 Å². The van der Waals surface area contributed by atoms with Gasteiger partial charge in [-0.15, -0.1) is 0 Å². The van der Waals surface area contributed by atoms with Gasteiger partial charge in [0.05, 0.1) is 17.7 Å². The van der Waals surface area contributed by atoms with Crippen molar-refractivity contribution < 1.29 is 19.1 Å². The third-order valence-corrected chi connectivity index (χ3v) is 4.84. The van der Waals surface area contributed by atoms with E-state index in [2.05, 4.69) is 15.9 Å². The Morgan fingerprint density at radius 1 is 1.07 bits per heavy atom. The number of hydrogen-bond donors (Lipinski definition) is 0. The number of ether oxygens (including phenoxy) is 1. The molecular formula is C20H19BrN2O4. The van der Waals surface area contributed by atoms with Crippen LogP contribution in [0, 0.1) is 0 Å². The highest BCUT2D eigenvalue weighted by molar-refractivity contribution is 9.10. The van der Waals surface area contributed by atoms with Crippen molar-refractivity contribution in [3.8, 4) is 5.75 Å². The number of hydrogen-bond acceptors (Lipinski definition) is 4. The molecule has 0 bridgehead atoms. The molecule has 2 aromatic carbocycles. The van der Waals surface area contributed by atoms with Crippen molar-refractivity contribution in [2.45, 2.75) is 6.42 Å². The number of likely N-dealkylation sites (N-methyl/N-ethyl adjacent to an activating group) is 1. The smallest absolute Gasteiger partial charge is 0.261 e. The van der Waals surface area contributed by atoms with Crippen molar-refractivity contribution in [2.24, 2.45) is 0 Å². The van der Waals surface area contributed by atoms with E-state index in [0.29, 0.717) is 24.3 Å². The maximum atomic E-state index is 12.4. The van der Waals surface area contributed by atoms with Crippen molar-refractivity contribution in [3.63, 3.8) is 0 Å². The van der Waals surface area contributed by atoms with E-state index in [9.17, 15) is 14.4 Å². The number of carbonyl (C=O) groups is 3. The molecule has 0 atom stereocenters. The second-order valence-corrected chi connectivity index (χ2v) is 7.09. The number of nitrogens with zero attached hydrogens (tertiary/aromatic N) is 2. The summed E-state index contributed by atoms with van der Waals surface area (Å²) in [5.74, 6) is -0.121. The van der Waals surface area contributed by atoms with Crippen molar-refractivity contribution >= 4 is 33.7 Å². The lowest BCUT2D eigenvalue weighted by Gasteiger charge is -2.19. The lowest BCUT2D eigenvalue weighted by Crippen LogP contribution is -2.36. The van der Waals surface area contributed by atoms with Gasteiger partial charge in [0, 0.05) is 24.5 Å². The molecule has 3 amide bonds. The summed E-state index contributed by atoms with van der Waals surface area (Å²) in [7, 11) is 1.68. The Kier molecular flexibility index (Phi) is 5.91. The lowest BCUT2D eigenvalue weighted by molar-refractivity contribution is -0.130. The Morgan fingerprint density at radius 2 is 1.78 bits per heavy atom. The standard InChI is InChI=1S/C20H19BrN2O4/c1-22(11-12-27-15-5-3-2-4-6-15)18(24)9-10-23-19(25)16-8-7-14(21)13-17(16)20(23)26/h2-8,13H,9-12H2,1H3. The highest BCUT2D eigenvalue weighted by atomic mass is 79.9. The predicted molar refractivity (Wildman–Crippen MR) is 104 cm³/mol. The number of imide groups is 1. The Bertz CT molecular complexity index is 870. The van der Waals surface area contributed by atoms with Crippen LogP contribution in [0.25, 0.3) is 0 Å². The van der Waals surface area contributed by atoms with Gasteiger partial charge < -0.3 is 9.64 Å². The van der Waals surface area contributed by atoms with E-state index in [4.69, 9.17) is 4.74 Å². The van der Waals surface area contributed by atoms with Crippen molar-refractivity contribution in [1.82, 2.24) is 9.80 Å². The van der Waals surface area contributed by atoms with Gasteiger partial charge in [0.2, 0.25) is 5.91 Å². The van der Waals surface area contributed by atoms with Gasteiger partial charge in [0.1, 0.15) is 12.4 Å². The van der Waals surface area contributed by atoms with Gasteiger partial charge in [0.25, 0.3) is 11.8 Å². The van der Waals surface area contributed by atoms with E-state index in [-0.39, 0.29) is 30.7 Å². The van der Waals surface area contributed by atoms with Crippen LogP contribution in [0.4, 0.5) is 0 Å². The van der Waals surface area contributed by atoms with Gasteiger partial charge in [-0.25, -0.2) is 0 Å². The zero-order valence-corrected chi connectivity index (χ0v) is 16.4. The molecule has 0 spiro atoms. The average molecular weight is 431 g/mol. The summed E-state index contributed by atoms with van der Waals surface area (Å²) in [5.41, 5.74) is 0.742. The summed E-state index contributed by atoms with van der Waals surface area (Å²) < 4.78 is 6.31. The topological polar surface area (TPSA) is 66.9 Å². The van der Waals surface area contributed by atoms with Crippen LogP contribution in [0.15, 0.2) is 53.0 Å². The first-order chi connectivity index (χ1) is 13.0. The highest BCUT2D eigenvalue weighted by Gasteiger charge is 2.35. The number of benzene rings is 2. The van der Waals surface area contributed by atoms with E-state index in [1.165, 1.54) is 4.90 Å². The third kappa shape index (κ3) is 4.36. The van der Waals surface area contributed by atoms with E-state index < -0.39 is 0 Å². The highest BCUT2D eigenvalue weighted by Crippen LogP contribution is 2.26. The number of fused-ring (bicyclic) bond motifs is 1. The number of carbonyl (C=O) groups excluding carboxylic acids is 3. The van der Waals surface area contributed by atoms with Crippen molar-refractivity contribution in [1.29, 1.82) is 0 Å². The van der Waals surface area contributed by atoms with Gasteiger partial charge >= 0.3 is 0 Å². The number of rotatable bonds is 7. The van der Waals surface area contributed by atoms with Gasteiger partial charge in [0.15, 0.2) is 0 Å². The SMILES string of the molecule is CN(CCOc1ccccc1)C(=O)CCN1C(=O)c2ccc(Br)cc2C1=O. The molecule has 1 heterocycles. The van der Waals surface area contributed by atoms with Crippen LogP contribution in [-0.4, -0.2) is 54.3 Å². The molecule has 1 aliphatic heterocycles. The summed E-state index contributed by atoms with van der Waals surface area (Å²) >= 11 is 3.30. The fourth-order valence-corrected chi connectivity index (χ4v) is 3.17. The summed E-state index contributed by atoms with van der Waals surface area (Å²) in [6.45, 7) is 0.850. The molecule has 0 N–H and O–H groups in total. The molecule has 140 valence electrons. The summed E-state index contributed by atoms with van der Waals surface area (Å²) in [5, 5.41) is 0. The van der Waals surface area contributed by atoms with Crippen LogP contribution < -0.4 is 4.74 Å². The molecule has 7 heteroatoms. The molecule has 1 aliphatic rings. The second-order valence-electron chi connectivity index (χ2n) is 6.18. The molecule has 6 nitrogen and oxygen atoms in total. The van der Waals surface area contributed by atoms with Crippen LogP contribution in [0.1, 0.15) is 27.1 Å². The van der Waals surface area contributed by atoms with Gasteiger partial charge in [-0.2, -0.15) is 0 Å². The molecule has 0 aliphatic carbocycles. The van der Waals surface area contributed by atoms with Crippen LogP contribution in [0.2, 0.25) is 0 Å². The molecule has 0 radical (unpaired) electrons. The first kappa shape index (κ1) is 19.1. The minimum atomic E-state index is -0.362. The quantitative estimate of drug-likeness (QED) is 0.633. The molecule has 0 aromatic heterocycles. The average Bonchev–Trinajstić information content (AvgIpc) is 2.90. The Balaban J connectivity index is 1.49. The largest absolute Gasteiger partial charge is 0.492 e. The number of para-hydroxylation sites is 1. The normalized spacial score (nSPS) is 12.9.